The molecule has 2 aromatic rings. The molecule has 0 fully saturated rings. The fraction of sp³-hybridized carbons (Fsp3) is 0.111. The van der Waals surface area contributed by atoms with Gasteiger partial charge in [0.1, 0.15) is 5.82 Å². The van der Waals surface area contributed by atoms with Crippen molar-refractivity contribution in [2.45, 2.75) is 13.0 Å². The second-order valence-corrected chi connectivity index (χ2v) is 6.37. The van der Waals surface area contributed by atoms with Crippen LogP contribution in [0.5, 0.6) is 0 Å². The van der Waals surface area contributed by atoms with Gasteiger partial charge in [0, 0.05) is 5.70 Å². The molecule has 3 rings (SSSR count). The van der Waals surface area contributed by atoms with Crippen molar-refractivity contribution in [3.05, 3.63) is 76.2 Å². The van der Waals surface area contributed by atoms with Gasteiger partial charge in [-0.25, -0.2) is 4.39 Å². The third-order valence-electron chi connectivity index (χ3n) is 3.82. The molecule has 1 aliphatic heterocycles. The fourth-order valence-corrected chi connectivity index (χ4v) is 3.14. The first-order chi connectivity index (χ1) is 12.0. The molecule has 0 saturated heterocycles. The lowest BCUT2D eigenvalue weighted by atomic mass is 9.95. The number of rotatable bonds is 3. The molecular formula is C18H15ClFN3OS. The van der Waals surface area contributed by atoms with E-state index in [2.05, 4.69) is 16.0 Å². The zero-order valence-corrected chi connectivity index (χ0v) is 14.8. The highest BCUT2D eigenvalue weighted by molar-refractivity contribution is 7.80. The minimum absolute atomic E-state index is 0.345. The van der Waals surface area contributed by atoms with Gasteiger partial charge in [-0.05, 0) is 49.0 Å². The minimum Gasteiger partial charge on any atom is -0.351 e. The van der Waals surface area contributed by atoms with E-state index in [0.717, 1.165) is 0 Å². The van der Waals surface area contributed by atoms with Crippen LogP contribution < -0.4 is 16.0 Å². The van der Waals surface area contributed by atoms with Crippen LogP contribution in [0.25, 0.3) is 0 Å². The van der Waals surface area contributed by atoms with E-state index in [9.17, 15) is 9.18 Å². The first-order valence-electron chi connectivity index (χ1n) is 7.55. The maximum Gasteiger partial charge on any atom is 0.255 e. The number of carbonyl (C=O) groups excluding carboxylic acids is 1. The molecule has 4 nitrogen and oxygen atoms in total. The molecule has 1 amide bonds. The van der Waals surface area contributed by atoms with E-state index in [0.29, 0.717) is 32.7 Å². The van der Waals surface area contributed by atoms with Gasteiger partial charge in [-0.1, -0.05) is 35.9 Å². The van der Waals surface area contributed by atoms with Crippen LogP contribution in [0, 0.1) is 5.82 Å². The molecule has 1 heterocycles. The molecule has 2 aromatic carbocycles. The number of thiocarbonyl (C=S) groups is 1. The van der Waals surface area contributed by atoms with E-state index in [-0.39, 0.29) is 11.7 Å². The fourth-order valence-electron chi connectivity index (χ4n) is 2.68. The number of amides is 1. The van der Waals surface area contributed by atoms with E-state index in [1.165, 1.54) is 12.1 Å². The Bertz CT molecular complexity index is 884. The van der Waals surface area contributed by atoms with Gasteiger partial charge >= 0.3 is 0 Å². The highest BCUT2D eigenvalue weighted by Gasteiger charge is 2.30. The summed E-state index contributed by atoms with van der Waals surface area (Å²) >= 11 is 11.3. The van der Waals surface area contributed by atoms with Crippen LogP contribution in [0.2, 0.25) is 5.02 Å². The lowest BCUT2D eigenvalue weighted by Gasteiger charge is -2.30. The van der Waals surface area contributed by atoms with Crippen molar-refractivity contribution >= 4 is 40.5 Å². The Morgan fingerprint density at radius 1 is 1.24 bits per heavy atom. The van der Waals surface area contributed by atoms with Crippen LogP contribution in [0.3, 0.4) is 0 Å². The first-order valence-corrected chi connectivity index (χ1v) is 8.34. The summed E-state index contributed by atoms with van der Waals surface area (Å²) in [6.45, 7) is 1.75. The molecule has 0 bridgehead atoms. The zero-order valence-electron chi connectivity index (χ0n) is 13.3. The van der Waals surface area contributed by atoms with Crippen molar-refractivity contribution in [2.75, 3.05) is 5.32 Å². The number of hydrogen-bond acceptors (Lipinski definition) is 2. The molecule has 7 heteroatoms. The van der Waals surface area contributed by atoms with Gasteiger partial charge in [0.2, 0.25) is 0 Å². The molecule has 0 saturated carbocycles. The van der Waals surface area contributed by atoms with Gasteiger partial charge in [-0.15, -0.1) is 0 Å². The Hall–Kier alpha value is -2.44. The van der Waals surface area contributed by atoms with Crippen LogP contribution in [0.4, 0.5) is 10.1 Å². The van der Waals surface area contributed by atoms with Crippen LogP contribution in [-0.4, -0.2) is 11.0 Å². The number of para-hydroxylation sites is 1. The van der Waals surface area contributed by atoms with Crippen LogP contribution in [-0.2, 0) is 4.79 Å². The highest BCUT2D eigenvalue weighted by atomic mass is 35.5. The number of benzene rings is 2. The standard InChI is InChI=1S/C18H15ClFN3OS/c1-10-15(17(24)22-14-8-3-2-7-13(14)19)16(23-18(25)21-10)11-5-4-6-12(20)9-11/h2-9,16H,1H3,(H,22,24)(H2,21,23,25). The van der Waals surface area contributed by atoms with Crippen molar-refractivity contribution in [2.24, 2.45) is 0 Å². The predicted molar refractivity (Wildman–Crippen MR) is 101 cm³/mol. The van der Waals surface area contributed by atoms with Crippen molar-refractivity contribution in [3.8, 4) is 0 Å². The van der Waals surface area contributed by atoms with E-state index >= 15 is 0 Å². The molecular weight excluding hydrogens is 361 g/mol. The average molecular weight is 376 g/mol. The lowest BCUT2D eigenvalue weighted by Crippen LogP contribution is -2.45. The zero-order chi connectivity index (χ0) is 18.0. The molecule has 0 radical (unpaired) electrons. The third kappa shape index (κ3) is 3.81. The van der Waals surface area contributed by atoms with Gasteiger partial charge in [0.15, 0.2) is 5.11 Å². The van der Waals surface area contributed by atoms with Crippen LogP contribution in [0.15, 0.2) is 59.8 Å². The van der Waals surface area contributed by atoms with Gasteiger partial charge in [-0.3, -0.25) is 4.79 Å². The summed E-state index contributed by atoms with van der Waals surface area (Å²) in [6, 6.07) is 12.5. The smallest absolute Gasteiger partial charge is 0.255 e. The second kappa shape index (κ2) is 7.21. The average Bonchev–Trinajstić information content (AvgIpc) is 2.56. The molecule has 0 aliphatic carbocycles. The molecule has 0 aromatic heterocycles. The van der Waals surface area contributed by atoms with Crippen molar-refractivity contribution < 1.29 is 9.18 Å². The number of nitrogens with one attached hydrogen (secondary N) is 3. The Labute approximate surface area is 155 Å². The quantitative estimate of drug-likeness (QED) is 0.712. The monoisotopic (exact) mass is 375 g/mol. The summed E-state index contributed by atoms with van der Waals surface area (Å²) in [5, 5.41) is 9.56. The SMILES string of the molecule is CC1=C(C(=O)Nc2ccccc2Cl)C(c2cccc(F)c2)NC(=S)N1. The highest BCUT2D eigenvalue weighted by Crippen LogP contribution is 2.29. The maximum atomic E-state index is 13.6. The number of allylic oxidation sites excluding steroid dienone is 1. The number of halogens is 2. The van der Waals surface area contributed by atoms with E-state index in [4.69, 9.17) is 23.8 Å². The summed E-state index contributed by atoms with van der Waals surface area (Å²) < 4.78 is 13.6. The van der Waals surface area contributed by atoms with Crippen LogP contribution in [0.1, 0.15) is 18.5 Å². The number of anilines is 1. The summed E-state index contributed by atoms with van der Waals surface area (Å²) in [7, 11) is 0. The van der Waals surface area contributed by atoms with Gasteiger partial charge in [-0.2, -0.15) is 0 Å². The van der Waals surface area contributed by atoms with Crippen molar-refractivity contribution in [1.82, 2.24) is 10.6 Å². The van der Waals surface area contributed by atoms with E-state index < -0.39 is 6.04 Å². The Balaban J connectivity index is 1.97. The van der Waals surface area contributed by atoms with Crippen LogP contribution >= 0.6 is 23.8 Å². The maximum absolute atomic E-state index is 13.6. The lowest BCUT2D eigenvalue weighted by molar-refractivity contribution is -0.113. The summed E-state index contributed by atoms with van der Waals surface area (Å²) in [4.78, 5) is 12.9. The van der Waals surface area contributed by atoms with E-state index in [1.807, 2.05) is 0 Å². The van der Waals surface area contributed by atoms with Gasteiger partial charge in [0.05, 0.1) is 22.3 Å². The molecule has 1 atom stereocenters. The summed E-state index contributed by atoms with van der Waals surface area (Å²) in [5.74, 6) is -0.727. The first kappa shape index (κ1) is 17.4. The van der Waals surface area contributed by atoms with Gasteiger partial charge < -0.3 is 16.0 Å². The normalized spacial score (nSPS) is 16.9. The molecule has 1 unspecified atom stereocenters. The molecule has 1 aliphatic rings. The molecule has 0 spiro atoms. The summed E-state index contributed by atoms with van der Waals surface area (Å²) in [6.07, 6.45) is 0. The molecule has 25 heavy (non-hydrogen) atoms. The van der Waals surface area contributed by atoms with Crippen molar-refractivity contribution in [3.63, 3.8) is 0 Å². The number of carbonyl (C=O) groups is 1. The minimum atomic E-state index is -0.563. The largest absolute Gasteiger partial charge is 0.351 e. The van der Waals surface area contributed by atoms with E-state index in [1.54, 1.807) is 43.3 Å². The third-order valence-corrected chi connectivity index (χ3v) is 4.37. The predicted octanol–water partition coefficient (Wildman–Crippen LogP) is 3.91. The Kier molecular flexibility index (Phi) is 5.01. The number of hydrogen-bond donors (Lipinski definition) is 3. The molecule has 128 valence electrons. The Morgan fingerprint density at radius 3 is 2.72 bits per heavy atom. The Morgan fingerprint density at radius 2 is 2.00 bits per heavy atom. The summed E-state index contributed by atoms with van der Waals surface area (Å²) in [5.41, 5.74) is 2.12. The second-order valence-electron chi connectivity index (χ2n) is 5.56. The molecule has 3 N–H and O–H groups in total. The topological polar surface area (TPSA) is 53.2 Å². The van der Waals surface area contributed by atoms with Crippen molar-refractivity contribution in [1.29, 1.82) is 0 Å². The van der Waals surface area contributed by atoms with Gasteiger partial charge in [0.25, 0.3) is 5.91 Å².